The molecule has 0 aliphatic rings. The molecule has 0 spiro atoms. The fourth-order valence-corrected chi connectivity index (χ4v) is 1.38. The highest BCUT2D eigenvalue weighted by molar-refractivity contribution is 7.86. The third-order valence-corrected chi connectivity index (χ3v) is 1.93. The highest BCUT2D eigenvalue weighted by Gasteiger charge is 2.03. The standard InChI is InChI=1S/C10H12O4S/c1-3-8-13-9-4-6-10(7-5-9)14-15(2,11)12/h3-7H,1,8H2,2H3. The Morgan fingerprint density at radius 1 is 1.27 bits per heavy atom. The summed E-state index contributed by atoms with van der Waals surface area (Å²) in [4.78, 5) is 0. The van der Waals surface area contributed by atoms with Crippen molar-refractivity contribution in [3.8, 4) is 11.5 Å². The van der Waals surface area contributed by atoms with Gasteiger partial charge in [-0.05, 0) is 24.3 Å². The van der Waals surface area contributed by atoms with Gasteiger partial charge in [0.15, 0.2) is 0 Å². The summed E-state index contributed by atoms with van der Waals surface area (Å²) in [7, 11) is -3.46. The summed E-state index contributed by atoms with van der Waals surface area (Å²) >= 11 is 0. The van der Waals surface area contributed by atoms with Crippen molar-refractivity contribution in [2.75, 3.05) is 12.9 Å². The number of rotatable bonds is 5. The van der Waals surface area contributed by atoms with Crippen molar-refractivity contribution in [3.63, 3.8) is 0 Å². The van der Waals surface area contributed by atoms with Gasteiger partial charge in [-0.1, -0.05) is 12.7 Å². The van der Waals surface area contributed by atoms with Crippen molar-refractivity contribution in [2.45, 2.75) is 0 Å². The van der Waals surface area contributed by atoms with Crippen LogP contribution in [-0.2, 0) is 10.1 Å². The molecular weight excluding hydrogens is 216 g/mol. The Hall–Kier alpha value is -1.49. The molecule has 0 fully saturated rings. The van der Waals surface area contributed by atoms with E-state index in [2.05, 4.69) is 10.8 Å². The third kappa shape index (κ3) is 4.51. The molecule has 0 aliphatic carbocycles. The van der Waals surface area contributed by atoms with Gasteiger partial charge in [0.1, 0.15) is 18.1 Å². The van der Waals surface area contributed by atoms with Crippen molar-refractivity contribution in [1.82, 2.24) is 0 Å². The molecule has 5 heteroatoms. The number of benzene rings is 1. The molecule has 0 N–H and O–H groups in total. The van der Waals surface area contributed by atoms with Crippen LogP contribution in [-0.4, -0.2) is 21.3 Å². The average Bonchev–Trinajstić information content (AvgIpc) is 2.14. The van der Waals surface area contributed by atoms with E-state index in [0.717, 1.165) is 6.26 Å². The molecule has 0 saturated heterocycles. The third-order valence-electron chi connectivity index (χ3n) is 1.44. The molecule has 1 rings (SSSR count). The summed E-state index contributed by atoms with van der Waals surface area (Å²) in [6.45, 7) is 3.92. The van der Waals surface area contributed by atoms with E-state index in [0.29, 0.717) is 12.4 Å². The monoisotopic (exact) mass is 228 g/mol. The van der Waals surface area contributed by atoms with Crippen LogP contribution in [0.2, 0.25) is 0 Å². The SMILES string of the molecule is C=CCOc1ccc(OS(C)(=O)=O)cc1. The van der Waals surface area contributed by atoms with E-state index < -0.39 is 10.1 Å². The van der Waals surface area contributed by atoms with E-state index in [1.54, 1.807) is 18.2 Å². The van der Waals surface area contributed by atoms with Crippen molar-refractivity contribution >= 4 is 10.1 Å². The summed E-state index contributed by atoms with van der Waals surface area (Å²) < 4.78 is 31.5. The lowest BCUT2D eigenvalue weighted by Crippen LogP contribution is -2.05. The maximum atomic E-state index is 10.8. The van der Waals surface area contributed by atoms with Gasteiger partial charge in [-0.25, -0.2) is 0 Å². The second-order valence-corrected chi connectivity index (χ2v) is 4.43. The van der Waals surface area contributed by atoms with Gasteiger partial charge in [0.2, 0.25) is 0 Å². The van der Waals surface area contributed by atoms with E-state index in [-0.39, 0.29) is 5.75 Å². The number of ether oxygens (including phenoxy) is 1. The van der Waals surface area contributed by atoms with Crippen LogP contribution in [0.3, 0.4) is 0 Å². The molecule has 0 unspecified atom stereocenters. The first kappa shape index (κ1) is 11.6. The van der Waals surface area contributed by atoms with Gasteiger partial charge in [-0.2, -0.15) is 8.42 Å². The Balaban J connectivity index is 2.68. The highest BCUT2D eigenvalue weighted by Crippen LogP contribution is 2.18. The van der Waals surface area contributed by atoms with Crippen molar-refractivity contribution in [3.05, 3.63) is 36.9 Å². The molecule has 1 aromatic carbocycles. The zero-order valence-corrected chi connectivity index (χ0v) is 9.16. The van der Waals surface area contributed by atoms with E-state index in [4.69, 9.17) is 4.74 Å². The molecule has 0 aliphatic heterocycles. The molecular formula is C10H12O4S. The lowest BCUT2D eigenvalue weighted by atomic mass is 10.3. The lowest BCUT2D eigenvalue weighted by Gasteiger charge is -2.05. The van der Waals surface area contributed by atoms with Crippen molar-refractivity contribution in [2.24, 2.45) is 0 Å². The number of hydrogen-bond donors (Lipinski definition) is 0. The minimum absolute atomic E-state index is 0.267. The van der Waals surface area contributed by atoms with Crippen LogP contribution < -0.4 is 8.92 Å². The smallest absolute Gasteiger partial charge is 0.306 e. The molecule has 0 saturated carbocycles. The maximum absolute atomic E-state index is 10.8. The van der Waals surface area contributed by atoms with Crippen molar-refractivity contribution in [1.29, 1.82) is 0 Å². The van der Waals surface area contributed by atoms with Crippen LogP contribution >= 0.6 is 0 Å². The Morgan fingerprint density at radius 2 is 1.80 bits per heavy atom. The molecule has 0 aromatic heterocycles. The molecule has 0 amide bonds. The molecule has 82 valence electrons. The van der Waals surface area contributed by atoms with E-state index in [9.17, 15) is 8.42 Å². The minimum atomic E-state index is -3.46. The average molecular weight is 228 g/mol. The van der Waals surface area contributed by atoms with E-state index in [1.165, 1.54) is 12.1 Å². The van der Waals surface area contributed by atoms with Crippen molar-refractivity contribution < 1.29 is 17.3 Å². The largest absolute Gasteiger partial charge is 0.490 e. The van der Waals surface area contributed by atoms with Gasteiger partial charge in [-0.15, -0.1) is 0 Å². The van der Waals surface area contributed by atoms with Gasteiger partial charge < -0.3 is 8.92 Å². The summed E-state index contributed by atoms with van der Waals surface area (Å²) in [5.41, 5.74) is 0. The van der Waals surface area contributed by atoms with Crippen LogP contribution in [0.15, 0.2) is 36.9 Å². The predicted molar refractivity (Wildman–Crippen MR) is 57.6 cm³/mol. The first-order valence-electron chi connectivity index (χ1n) is 4.24. The molecule has 15 heavy (non-hydrogen) atoms. The van der Waals surface area contributed by atoms with Crippen LogP contribution in [0.1, 0.15) is 0 Å². The van der Waals surface area contributed by atoms with Gasteiger partial charge in [0.05, 0.1) is 6.26 Å². The molecule has 0 atom stereocenters. The van der Waals surface area contributed by atoms with Crippen LogP contribution in [0.25, 0.3) is 0 Å². The Bertz CT molecular complexity index is 419. The molecule has 0 radical (unpaired) electrons. The molecule has 0 heterocycles. The summed E-state index contributed by atoms with van der Waals surface area (Å²) in [6.07, 6.45) is 2.62. The fourth-order valence-electron chi connectivity index (χ4n) is 0.921. The van der Waals surface area contributed by atoms with Gasteiger partial charge in [-0.3, -0.25) is 0 Å². The van der Waals surface area contributed by atoms with Gasteiger partial charge in [0, 0.05) is 0 Å². The Morgan fingerprint density at radius 3 is 2.27 bits per heavy atom. The van der Waals surface area contributed by atoms with Crippen LogP contribution in [0.4, 0.5) is 0 Å². The molecule has 1 aromatic rings. The quantitative estimate of drug-likeness (QED) is 0.567. The summed E-state index contributed by atoms with van der Waals surface area (Å²) in [5, 5.41) is 0. The normalized spacial score (nSPS) is 10.7. The zero-order chi connectivity index (χ0) is 11.3. The van der Waals surface area contributed by atoms with Crippen LogP contribution in [0.5, 0.6) is 11.5 Å². The minimum Gasteiger partial charge on any atom is -0.490 e. The molecule has 0 bridgehead atoms. The highest BCUT2D eigenvalue weighted by atomic mass is 32.2. The summed E-state index contributed by atoms with van der Waals surface area (Å²) in [5.74, 6) is 0.902. The first-order valence-corrected chi connectivity index (χ1v) is 6.06. The maximum Gasteiger partial charge on any atom is 0.306 e. The Labute approximate surface area is 89.3 Å². The van der Waals surface area contributed by atoms with Crippen LogP contribution in [0, 0.1) is 0 Å². The Kier molecular flexibility index (Phi) is 3.74. The second-order valence-electron chi connectivity index (χ2n) is 2.86. The second kappa shape index (κ2) is 4.84. The predicted octanol–water partition coefficient (Wildman–Crippen LogP) is 1.59. The lowest BCUT2D eigenvalue weighted by molar-refractivity contribution is 0.362. The van der Waals surface area contributed by atoms with E-state index in [1.807, 2.05) is 0 Å². The fraction of sp³-hybridized carbons (Fsp3) is 0.200. The zero-order valence-electron chi connectivity index (χ0n) is 8.34. The number of hydrogen-bond acceptors (Lipinski definition) is 4. The summed E-state index contributed by atoms with van der Waals surface area (Å²) in [6, 6.07) is 6.31. The van der Waals surface area contributed by atoms with Gasteiger partial charge in [0.25, 0.3) is 0 Å². The topological polar surface area (TPSA) is 52.6 Å². The van der Waals surface area contributed by atoms with E-state index >= 15 is 0 Å². The first-order chi connectivity index (χ1) is 7.01. The van der Waals surface area contributed by atoms with Gasteiger partial charge >= 0.3 is 10.1 Å². The molecule has 4 nitrogen and oxygen atoms in total.